The number of ether oxygens (including phenoxy) is 2. The maximum Gasteiger partial charge on any atom is 0.162 e. The van der Waals surface area contributed by atoms with E-state index in [1.165, 1.54) is 0 Å². The van der Waals surface area contributed by atoms with E-state index in [1.807, 2.05) is 67.6 Å². The number of benzene rings is 2. The van der Waals surface area contributed by atoms with Crippen LogP contribution in [0.4, 0.5) is 5.82 Å². The second-order valence-corrected chi connectivity index (χ2v) is 6.47. The summed E-state index contributed by atoms with van der Waals surface area (Å²) in [6, 6.07) is 19.4. The standard InChI is InChI=1S/C21H20BrN3O2/c1-2-26-19-12-17(14-24-25-21-10-6-7-11-23-21)18(22)13-20(19)27-15-16-8-4-3-5-9-16/h3-14H,2,15H2,1H3,(H,23,25)/b24-14+. The van der Waals surface area contributed by atoms with Gasteiger partial charge in [0.05, 0.1) is 12.8 Å². The molecule has 0 atom stereocenters. The zero-order valence-electron chi connectivity index (χ0n) is 14.9. The van der Waals surface area contributed by atoms with Gasteiger partial charge in [-0.3, -0.25) is 5.43 Å². The summed E-state index contributed by atoms with van der Waals surface area (Å²) in [5.41, 5.74) is 4.87. The molecule has 0 spiro atoms. The average Bonchev–Trinajstić information content (AvgIpc) is 2.71. The number of pyridine rings is 1. The second-order valence-electron chi connectivity index (χ2n) is 5.61. The van der Waals surface area contributed by atoms with E-state index in [0.29, 0.717) is 30.5 Å². The summed E-state index contributed by atoms with van der Waals surface area (Å²) in [4.78, 5) is 4.17. The molecule has 0 aliphatic rings. The molecule has 0 radical (unpaired) electrons. The molecule has 0 amide bonds. The number of aromatic nitrogens is 1. The highest BCUT2D eigenvalue weighted by atomic mass is 79.9. The van der Waals surface area contributed by atoms with Crippen molar-refractivity contribution in [3.8, 4) is 11.5 Å². The normalized spacial score (nSPS) is 10.7. The van der Waals surface area contributed by atoms with Crippen LogP contribution in [0, 0.1) is 0 Å². The third kappa shape index (κ3) is 5.56. The molecule has 1 heterocycles. The maximum atomic E-state index is 5.96. The molecular weight excluding hydrogens is 406 g/mol. The maximum absolute atomic E-state index is 5.96. The number of hydrogen-bond donors (Lipinski definition) is 1. The third-order valence-corrected chi connectivity index (χ3v) is 4.33. The van der Waals surface area contributed by atoms with Crippen LogP contribution in [0.25, 0.3) is 0 Å². The quantitative estimate of drug-likeness (QED) is 0.394. The summed E-state index contributed by atoms with van der Waals surface area (Å²) in [5, 5.41) is 4.23. The van der Waals surface area contributed by atoms with Gasteiger partial charge in [-0.15, -0.1) is 0 Å². The summed E-state index contributed by atoms with van der Waals surface area (Å²) < 4.78 is 12.6. The number of hydrogen-bond acceptors (Lipinski definition) is 5. The van der Waals surface area contributed by atoms with Crippen molar-refractivity contribution in [3.05, 3.63) is 82.5 Å². The molecule has 0 bridgehead atoms. The van der Waals surface area contributed by atoms with E-state index in [4.69, 9.17) is 9.47 Å². The fourth-order valence-electron chi connectivity index (χ4n) is 2.36. The van der Waals surface area contributed by atoms with Crippen molar-refractivity contribution >= 4 is 28.0 Å². The van der Waals surface area contributed by atoms with Crippen LogP contribution in [0.15, 0.2) is 76.4 Å². The fraction of sp³-hybridized carbons (Fsp3) is 0.143. The van der Waals surface area contributed by atoms with Crippen molar-refractivity contribution in [1.82, 2.24) is 4.98 Å². The largest absolute Gasteiger partial charge is 0.490 e. The minimum Gasteiger partial charge on any atom is -0.490 e. The van der Waals surface area contributed by atoms with Gasteiger partial charge in [-0.05, 0) is 52.7 Å². The Balaban J connectivity index is 1.74. The Bertz CT molecular complexity index is 887. The Morgan fingerprint density at radius 1 is 1.04 bits per heavy atom. The highest BCUT2D eigenvalue weighted by Crippen LogP contribution is 2.33. The monoisotopic (exact) mass is 425 g/mol. The van der Waals surface area contributed by atoms with E-state index in [1.54, 1.807) is 12.4 Å². The zero-order valence-corrected chi connectivity index (χ0v) is 16.5. The predicted octanol–water partition coefficient (Wildman–Crippen LogP) is 5.27. The number of rotatable bonds is 8. The van der Waals surface area contributed by atoms with Gasteiger partial charge >= 0.3 is 0 Å². The Morgan fingerprint density at radius 3 is 2.56 bits per heavy atom. The van der Waals surface area contributed by atoms with Crippen LogP contribution in [0.5, 0.6) is 11.5 Å². The summed E-state index contributed by atoms with van der Waals surface area (Å²) in [7, 11) is 0. The Labute approximate surface area is 167 Å². The zero-order chi connectivity index (χ0) is 18.9. The van der Waals surface area contributed by atoms with E-state index in [9.17, 15) is 0 Å². The molecule has 5 nitrogen and oxygen atoms in total. The molecule has 0 unspecified atom stereocenters. The molecule has 2 aromatic carbocycles. The summed E-state index contributed by atoms with van der Waals surface area (Å²) in [6.07, 6.45) is 3.42. The van der Waals surface area contributed by atoms with Gasteiger partial charge in [-0.25, -0.2) is 4.98 Å². The van der Waals surface area contributed by atoms with E-state index in [0.717, 1.165) is 15.6 Å². The number of nitrogens with zero attached hydrogens (tertiary/aromatic N) is 2. The minimum atomic E-state index is 0.474. The molecule has 3 aromatic rings. The number of anilines is 1. The number of hydrazone groups is 1. The van der Waals surface area contributed by atoms with Gasteiger partial charge in [0.2, 0.25) is 0 Å². The van der Waals surface area contributed by atoms with Gasteiger partial charge in [0.25, 0.3) is 0 Å². The van der Waals surface area contributed by atoms with Gasteiger partial charge < -0.3 is 9.47 Å². The van der Waals surface area contributed by atoms with Gasteiger partial charge in [0, 0.05) is 16.2 Å². The van der Waals surface area contributed by atoms with Crippen molar-refractivity contribution in [2.24, 2.45) is 5.10 Å². The van der Waals surface area contributed by atoms with Crippen LogP contribution in [0.3, 0.4) is 0 Å². The molecule has 1 N–H and O–H groups in total. The molecule has 1 aromatic heterocycles. The number of halogens is 1. The summed E-state index contributed by atoms with van der Waals surface area (Å²) in [6.45, 7) is 2.97. The lowest BCUT2D eigenvalue weighted by Crippen LogP contribution is -2.01. The van der Waals surface area contributed by atoms with Crippen LogP contribution >= 0.6 is 15.9 Å². The second kappa shape index (κ2) is 9.73. The first kappa shape index (κ1) is 18.9. The highest BCUT2D eigenvalue weighted by Gasteiger charge is 2.10. The van der Waals surface area contributed by atoms with Gasteiger partial charge in [0.15, 0.2) is 11.5 Å². The van der Waals surface area contributed by atoms with Crippen LogP contribution < -0.4 is 14.9 Å². The smallest absolute Gasteiger partial charge is 0.162 e. The molecule has 0 aliphatic carbocycles. The van der Waals surface area contributed by atoms with Gasteiger partial charge in [0.1, 0.15) is 12.4 Å². The van der Waals surface area contributed by atoms with E-state index in [2.05, 4.69) is 31.4 Å². The topological polar surface area (TPSA) is 55.7 Å². The van der Waals surface area contributed by atoms with E-state index >= 15 is 0 Å². The van der Waals surface area contributed by atoms with Crippen molar-refractivity contribution < 1.29 is 9.47 Å². The Kier molecular flexibility index (Phi) is 6.82. The van der Waals surface area contributed by atoms with Crippen molar-refractivity contribution in [2.45, 2.75) is 13.5 Å². The summed E-state index contributed by atoms with van der Waals surface area (Å²) >= 11 is 3.57. The molecule has 0 saturated heterocycles. The lowest BCUT2D eigenvalue weighted by Gasteiger charge is -2.14. The van der Waals surface area contributed by atoms with Crippen LogP contribution in [-0.2, 0) is 6.61 Å². The highest BCUT2D eigenvalue weighted by molar-refractivity contribution is 9.10. The molecule has 138 valence electrons. The lowest BCUT2D eigenvalue weighted by molar-refractivity contribution is 0.269. The predicted molar refractivity (Wildman–Crippen MR) is 112 cm³/mol. The van der Waals surface area contributed by atoms with Crippen LogP contribution in [-0.4, -0.2) is 17.8 Å². The van der Waals surface area contributed by atoms with Crippen LogP contribution in [0.2, 0.25) is 0 Å². The third-order valence-electron chi connectivity index (χ3n) is 3.65. The SMILES string of the molecule is CCOc1cc(/C=N/Nc2ccccn2)c(Br)cc1OCc1ccccc1. The Morgan fingerprint density at radius 2 is 1.81 bits per heavy atom. The lowest BCUT2D eigenvalue weighted by atomic mass is 10.2. The molecular formula is C21H20BrN3O2. The fourth-order valence-corrected chi connectivity index (χ4v) is 2.79. The minimum absolute atomic E-state index is 0.474. The van der Waals surface area contributed by atoms with E-state index in [-0.39, 0.29) is 0 Å². The van der Waals surface area contributed by atoms with Crippen molar-refractivity contribution in [3.63, 3.8) is 0 Å². The molecule has 0 saturated carbocycles. The van der Waals surface area contributed by atoms with Crippen LogP contribution in [0.1, 0.15) is 18.1 Å². The van der Waals surface area contributed by atoms with Gasteiger partial charge in [-0.1, -0.05) is 36.4 Å². The van der Waals surface area contributed by atoms with Gasteiger partial charge in [-0.2, -0.15) is 5.10 Å². The van der Waals surface area contributed by atoms with Crippen molar-refractivity contribution in [2.75, 3.05) is 12.0 Å². The molecule has 27 heavy (non-hydrogen) atoms. The molecule has 0 aliphatic heterocycles. The summed E-state index contributed by atoms with van der Waals surface area (Å²) in [5.74, 6) is 2.04. The van der Waals surface area contributed by atoms with Crippen molar-refractivity contribution in [1.29, 1.82) is 0 Å². The van der Waals surface area contributed by atoms with E-state index < -0.39 is 0 Å². The number of nitrogens with one attached hydrogen (secondary N) is 1. The first-order valence-corrected chi connectivity index (χ1v) is 9.38. The molecule has 0 fully saturated rings. The molecule has 6 heteroatoms. The Hall–Kier alpha value is -2.86. The average molecular weight is 426 g/mol. The first-order valence-electron chi connectivity index (χ1n) is 8.59. The molecule has 3 rings (SSSR count). The first-order chi connectivity index (χ1) is 13.3.